The maximum Gasteiger partial charge on any atom is 0.340 e. The van der Waals surface area contributed by atoms with Gasteiger partial charge in [0, 0.05) is 11.9 Å². The summed E-state index contributed by atoms with van der Waals surface area (Å²) in [5, 5.41) is 4.09. The molecule has 7 nitrogen and oxygen atoms in total. The van der Waals surface area contributed by atoms with E-state index in [1.807, 2.05) is 6.92 Å². The third kappa shape index (κ3) is 3.68. The number of nitrogens with zero attached hydrogens (tertiary/aromatic N) is 2. The summed E-state index contributed by atoms with van der Waals surface area (Å²) in [4.78, 5) is 31.1. The van der Waals surface area contributed by atoms with Crippen LogP contribution in [0.15, 0.2) is 29.5 Å². The van der Waals surface area contributed by atoms with Crippen molar-refractivity contribution in [1.29, 1.82) is 0 Å². The minimum atomic E-state index is -0.401. The zero-order chi connectivity index (χ0) is 17.7. The van der Waals surface area contributed by atoms with Crippen LogP contribution >= 0.6 is 0 Å². The first-order valence-electron chi connectivity index (χ1n) is 7.58. The Morgan fingerprint density at radius 2 is 2.08 bits per heavy atom. The smallest absolute Gasteiger partial charge is 0.340 e. The molecule has 126 valence electrons. The predicted octanol–water partition coefficient (Wildman–Crippen LogP) is 2.36. The normalized spacial score (nSPS) is 11.2. The summed E-state index contributed by atoms with van der Waals surface area (Å²) in [6.45, 7) is 7.42. The second-order valence-electron chi connectivity index (χ2n) is 5.20. The number of pyridine rings is 1. The summed E-state index contributed by atoms with van der Waals surface area (Å²) in [7, 11) is 0. The number of hydrogen-bond donors (Lipinski definition) is 2. The van der Waals surface area contributed by atoms with Gasteiger partial charge in [-0.15, -0.1) is 0 Å². The molecule has 0 spiro atoms. The van der Waals surface area contributed by atoms with Crippen LogP contribution in [0.2, 0.25) is 0 Å². The monoisotopic (exact) mass is 328 g/mol. The fourth-order valence-corrected chi connectivity index (χ4v) is 2.37. The van der Waals surface area contributed by atoms with E-state index in [0.29, 0.717) is 29.3 Å². The highest BCUT2D eigenvalue weighted by Gasteiger charge is 2.20. The number of H-pyrrole nitrogens is 1. The number of hydrazone groups is 1. The number of carbonyl (C=O) groups is 2. The molecule has 1 amide bonds. The van der Waals surface area contributed by atoms with Crippen molar-refractivity contribution in [2.75, 3.05) is 6.61 Å². The minimum absolute atomic E-state index is 0.278. The number of aromatic nitrogens is 2. The highest BCUT2D eigenvalue weighted by Crippen LogP contribution is 2.19. The Morgan fingerprint density at radius 1 is 1.33 bits per heavy atom. The van der Waals surface area contributed by atoms with Crippen molar-refractivity contribution in [1.82, 2.24) is 15.4 Å². The highest BCUT2D eigenvalue weighted by atomic mass is 16.5. The van der Waals surface area contributed by atoms with E-state index >= 15 is 0 Å². The van der Waals surface area contributed by atoms with Gasteiger partial charge in [0.2, 0.25) is 0 Å². The van der Waals surface area contributed by atoms with Gasteiger partial charge >= 0.3 is 5.97 Å². The first kappa shape index (κ1) is 17.4. The summed E-state index contributed by atoms with van der Waals surface area (Å²) in [6.07, 6.45) is 1.54. The first-order valence-corrected chi connectivity index (χ1v) is 7.58. The average Bonchev–Trinajstić information content (AvgIpc) is 2.88. The van der Waals surface area contributed by atoms with E-state index in [1.54, 1.807) is 39.0 Å². The van der Waals surface area contributed by atoms with E-state index in [0.717, 1.165) is 5.56 Å². The maximum atomic E-state index is 12.0. The fourth-order valence-electron chi connectivity index (χ4n) is 2.37. The van der Waals surface area contributed by atoms with Gasteiger partial charge < -0.3 is 9.72 Å². The lowest BCUT2D eigenvalue weighted by Gasteiger charge is -2.03. The Balaban J connectivity index is 2.21. The number of esters is 1. The van der Waals surface area contributed by atoms with Crippen LogP contribution in [0, 0.1) is 13.8 Å². The van der Waals surface area contributed by atoms with E-state index in [9.17, 15) is 9.59 Å². The maximum absolute atomic E-state index is 12.0. The molecule has 2 rings (SSSR count). The first-order chi connectivity index (χ1) is 11.5. The summed E-state index contributed by atoms with van der Waals surface area (Å²) in [5.41, 5.74) is 5.90. The van der Waals surface area contributed by atoms with Crippen molar-refractivity contribution in [3.63, 3.8) is 0 Å². The molecule has 0 aliphatic heterocycles. The van der Waals surface area contributed by atoms with Gasteiger partial charge in [-0.1, -0.05) is 6.07 Å². The van der Waals surface area contributed by atoms with E-state index in [4.69, 9.17) is 4.74 Å². The standard InChI is InChI=1S/C17H20N4O3/c1-5-24-17(23)14-10(2)15(19-11(14)3)12(4)20-21-16(22)13-8-6-7-9-18-13/h6-9,19H,5H2,1-4H3,(H,21,22)/b20-12+. The quantitative estimate of drug-likeness (QED) is 0.500. The number of aromatic amines is 1. The lowest BCUT2D eigenvalue weighted by molar-refractivity contribution is 0.0525. The Kier molecular flexibility index (Phi) is 5.47. The fraction of sp³-hybridized carbons (Fsp3) is 0.294. The van der Waals surface area contributed by atoms with E-state index in [-0.39, 0.29) is 11.7 Å². The number of hydrogen-bond acceptors (Lipinski definition) is 5. The van der Waals surface area contributed by atoms with Crippen molar-refractivity contribution >= 4 is 17.6 Å². The number of carbonyl (C=O) groups excluding carboxylic acids is 2. The molecule has 0 saturated heterocycles. The molecule has 0 radical (unpaired) electrons. The number of rotatable bonds is 5. The lowest BCUT2D eigenvalue weighted by atomic mass is 10.1. The molecule has 2 aromatic heterocycles. The number of nitrogens with one attached hydrogen (secondary N) is 2. The van der Waals surface area contributed by atoms with Gasteiger partial charge in [0.1, 0.15) is 5.69 Å². The van der Waals surface area contributed by atoms with Crippen LogP contribution < -0.4 is 5.43 Å². The highest BCUT2D eigenvalue weighted by molar-refractivity contribution is 6.03. The molecule has 2 N–H and O–H groups in total. The van der Waals surface area contributed by atoms with E-state index < -0.39 is 5.91 Å². The molecule has 7 heteroatoms. The number of ether oxygens (including phenoxy) is 1. The lowest BCUT2D eigenvalue weighted by Crippen LogP contribution is -2.20. The molecule has 0 atom stereocenters. The second kappa shape index (κ2) is 7.54. The summed E-state index contributed by atoms with van der Waals surface area (Å²) >= 11 is 0. The van der Waals surface area contributed by atoms with Gasteiger partial charge in [-0.05, 0) is 45.4 Å². The van der Waals surface area contributed by atoms with E-state index in [1.165, 1.54) is 6.20 Å². The van der Waals surface area contributed by atoms with Gasteiger partial charge in [0.05, 0.1) is 23.6 Å². The van der Waals surface area contributed by atoms with Gasteiger partial charge in [0.15, 0.2) is 0 Å². The van der Waals surface area contributed by atoms with Crippen LogP contribution in [-0.2, 0) is 4.74 Å². The van der Waals surface area contributed by atoms with Crippen LogP contribution in [0.25, 0.3) is 0 Å². The number of aryl methyl sites for hydroxylation is 1. The molecule has 0 unspecified atom stereocenters. The van der Waals surface area contributed by atoms with Gasteiger partial charge in [0.25, 0.3) is 5.91 Å². The number of amides is 1. The molecule has 0 fully saturated rings. The van der Waals surface area contributed by atoms with Crippen molar-refractivity contribution in [3.05, 3.63) is 52.6 Å². The predicted molar refractivity (Wildman–Crippen MR) is 90.1 cm³/mol. The van der Waals surface area contributed by atoms with Gasteiger partial charge in [-0.2, -0.15) is 5.10 Å². The van der Waals surface area contributed by atoms with Crippen LogP contribution in [0.3, 0.4) is 0 Å². The Labute approximate surface area is 140 Å². The molecule has 0 aliphatic rings. The second-order valence-corrected chi connectivity index (χ2v) is 5.20. The molecule has 2 aromatic rings. The van der Waals surface area contributed by atoms with Crippen LogP contribution in [-0.4, -0.2) is 34.2 Å². The van der Waals surface area contributed by atoms with Gasteiger partial charge in [-0.25, -0.2) is 10.2 Å². The SMILES string of the molecule is CCOC(=O)c1c(C)[nH]c(/C(C)=N/NC(=O)c2ccccn2)c1C. The van der Waals surface area contributed by atoms with Crippen molar-refractivity contribution < 1.29 is 14.3 Å². The molecular formula is C17H20N4O3. The van der Waals surface area contributed by atoms with E-state index in [2.05, 4.69) is 20.5 Å². The summed E-state index contributed by atoms with van der Waals surface area (Å²) in [5.74, 6) is -0.776. The topological polar surface area (TPSA) is 96.4 Å². The molecule has 0 saturated carbocycles. The molecule has 0 bridgehead atoms. The Bertz CT molecular complexity index is 779. The minimum Gasteiger partial charge on any atom is -0.462 e. The average molecular weight is 328 g/mol. The largest absolute Gasteiger partial charge is 0.462 e. The summed E-state index contributed by atoms with van der Waals surface area (Å²) < 4.78 is 5.06. The van der Waals surface area contributed by atoms with Gasteiger partial charge in [-0.3, -0.25) is 9.78 Å². The Hall–Kier alpha value is -2.96. The van der Waals surface area contributed by atoms with Crippen LogP contribution in [0.1, 0.15) is 51.6 Å². The van der Waals surface area contributed by atoms with Crippen molar-refractivity contribution in [2.45, 2.75) is 27.7 Å². The summed E-state index contributed by atoms with van der Waals surface area (Å²) in [6, 6.07) is 5.05. The zero-order valence-electron chi connectivity index (χ0n) is 14.1. The Morgan fingerprint density at radius 3 is 2.71 bits per heavy atom. The molecule has 2 heterocycles. The third-order valence-electron chi connectivity index (χ3n) is 3.50. The van der Waals surface area contributed by atoms with Crippen LogP contribution in [0.4, 0.5) is 0 Å². The third-order valence-corrected chi connectivity index (χ3v) is 3.50. The molecular weight excluding hydrogens is 308 g/mol. The van der Waals surface area contributed by atoms with Crippen molar-refractivity contribution in [2.24, 2.45) is 5.10 Å². The zero-order valence-corrected chi connectivity index (χ0v) is 14.1. The molecule has 0 aromatic carbocycles. The molecule has 24 heavy (non-hydrogen) atoms. The van der Waals surface area contributed by atoms with Crippen LogP contribution in [0.5, 0.6) is 0 Å². The van der Waals surface area contributed by atoms with Crippen molar-refractivity contribution in [3.8, 4) is 0 Å². The molecule has 0 aliphatic carbocycles.